The Kier molecular flexibility index (Phi) is 5.35. The predicted octanol–water partition coefficient (Wildman–Crippen LogP) is 5.37. The zero-order valence-corrected chi connectivity index (χ0v) is 16.4. The van der Waals surface area contributed by atoms with E-state index in [9.17, 15) is 4.79 Å². The molecule has 0 atom stereocenters. The number of aliphatic imine (C=N–C) groups is 1. The van der Waals surface area contributed by atoms with Crippen LogP contribution in [-0.4, -0.2) is 11.9 Å². The van der Waals surface area contributed by atoms with Crippen LogP contribution in [0.1, 0.15) is 16.7 Å². The van der Waals surface area contributed by atoms with Gasteiger partial charge in [0.2, 0.25) is 5.90 Å². The molecule has 0 N–H and O–H groups in total. The van der Waals surface area contributed by atoms with Crippen LogP contribution in [0.4, 0.5) is 0 Å². The summed E-state index contributed by atoms with van der Waals surface area (Å²) in [5.74, 6) is 0.629. The Labute approximate surface area is 171 Å². The monoisotopic (exact) mass is 433 g/mol. The van der Waals surface area contributed by atoms with Gasteiger partial charge < -0.3 is 9.47 Å². The zero-order chi connectivity index (χ0) is 19.3. The quantitative estimate of drug-likeness (QED) is 0.401. The van der Waals surface area contributed by atoms with Gasteiger partial charge in [-0.3, -0.25) is 0 Å². The summed E-state index contributed by atoms with van der Waals surface area (Å²) >= 11 is 3.45. The van der Waals surface area contributed by atoms with Crippen molar-refractivity contribution >= 4 is 33.9 Å². The molecule has 138 valence electrons. The lowest BCUT2D eigenvalue weighted by Crippen LogP contribution is -2.04. The lowest BCUT2D eigenvalue weighted by atomic mass is 10.2. The molecule has 0 unspecified atom stereocenters. The SMILES string of the molecule is O=C1OC(c2ccccc2)=N/C1=C\c1ccc(OCc2cccc(Br)c2)cc1. The van der Waals surface area contributed by atoms with Gasteiger partial charge in [-0.05, 0) is 53.6 Å². The minimum atomic E-state index is -0.450. The molecule has 4 rings (SSSR count). The highest BCUT2D eigenvalue weighted by molar-refractivity contribution is 9.10. The lowest BCUT2D eigenvalue weighted by molar-refractivity contribution is -0.129. The summed E-state index contributed by atoms with van der Waals surface area (Å²) in [7, 11) is 0. The van der Waals surface area contributed by atoms with Gasteiger partial charge in [0.15, 0.2) is 5.70 Å². The van der Waals surface area contributed by atoms with Gasteiger partial charge in [0.25, 0.3) is 0 Å². The fourth-order valence-corrected chi connectivity index (χ4v) is 3.17. The highest BCUT2D eigenvalue weighted by atomic mass is 79.9. The third kappa shape index (κ3) is 4.38. The number of hydrogen-bond donors (Lipinski definition) is 0. The van der Waals surface area contributed by atoms with Crippen molar-refractivity contribution in [3.05, 3.63) is 106 Å². The van der Waals surface area contributed by atoms with Gasteiger partial charge in [-0.2, -0.15) is 0 Å². The van der Waals surface area contributed by atoms with E-state index in [4.69, 9.17) is 9.47 Å². The van der Waals surface area contributed by atoms with Gasteiger partial charge in [0.1, 0.15) is 12.4 Å². The van der Waals surface area contributed by atoms with Crippen molar-refractivity contribution in [1.82, 2.24) is 0 Å². The average molecular weight is 434 g/mol. The normalized spacial score (nSPS) is 14.7. The second kappa shape index (κ2) is 8.23. The number of rotatable bonds is 5. The van der Waals surface area contributed by atoms with Crippen LogP contribution in [0.25, 0.3) is 6.08 Å². The van der Waals surface area contributed by atoms with E-state index in [-0.39, 0.29) is 5.70 Å². The Balaban J connectivity index is 1.45. The second-order valence-electron chi connectivity index (χ2n) is 6.19. The lowest BCUT2D eigenvalue weighted by Gasteiger charge is -2.07. The Morgan fingerprint density at radius 2 is 1.75 bits per heavy atom. The van der Waals surface area contributed by atoms with Crippen molar-refractivity contribution < 1.29 is 14.3 Å². The maximum absolute atomic E-state index is 12.1. The Hall–Kier alpha value is -3.18. The number of cyclic esters (lactones) is 1. The molecule has 1 heterocycles. The van der Waals surface area contributed by atoms with E-state index in [0.29, 0.717) is 12.5 Å². The fourth-order valence-electron chi connectivity index (χ4n) is 2.72. The first-order valence-electron chi connectivity index (χ1n) is 8.73. The van der Waals surface area contributed by atoms with Crippen LogP contribution in [0.15, 0.2) is 94.0 Å². The average Bonchev–Trinajstić information content (AvgIpc) is 3.09. The van der Waals surface area contributed by atoms with Crippen molar-refractivity contribution in [3.8, 4) is 5.75 Å². The van der Waals surface area contributed by atoms with Gasteiger partial charge in [0, 0.05) is 10.0 Å². The van der Waals surface area contributed by atoms with Crippen molar-refractivity contribution in [3.63, 3.8) is 0 Å². The summed E-state index contributed by atoms with van der Waals surface area (Å²) in [6.07, 6.45) is 1.70. The molecule has 0 amide bonds. The van der Waals surface area contributed by atoms with E-state index in [1.807, 2.05) is 78.9 Å². The molecule has 0 aromatic heterocycles. The van der Waals surface area contributed by atoms with Gasteiger partial charge in [-0.1, -0.05) is 58.4 Å². The van der Waals surface area contributed by atoms with Crippen LogP contribution in [0.2, 0.25) is 0 Å². The van der Waals surface area contributed by atoms with E-state index in [0.717, 1.165) is 26.9 Å². The van der Waals surface area contributed by atoms with Gasteiger partial charge >= 0.3 is 5.97 Å². The van der Waals surface area contributed by atoms with Gasteiger partial charge in [-0.25, -0.2) is 9.79 Å². The Morgan fingerprint density at radius 3 is 2.50 bits per heavy atom. The second-order valence-corrected chi connectivity index (χ2v) is 7.11. The highest BCUT2D eigenvalue weighted by Gasteiger charge is 2.23. The maximum atomic E-state index is 12.1. The van der Waals surface area contributed by atoms with Crippen molar-refractivity contribution in [2.75, 3.05) is 0 Å². The molecule has 0 spiro atoms. The molecule has 0 aliphatic carbocycles. The number of halogens is 1. The molecule has 3 aromatic carbocycles. The molecule has 0 saturated heterocycles. The molecule has 0 saturated carbocycles. The summed E-state index contributed by atoms with van der Waals surface area (Å²) < 4.78 is 12.1. The molecular formula is C23H16BrNO3. The smallest absolute Gasteiger partial charge is 0.363 e. The third-order valence-corrected chi connectivity index (χ3v) is 4.61. The molecule has 5 heteroatoms. The standard InChI is InChI=1S/C23H16BrNO3/c24-19-8-4-5-17(13-19)15-27-20-11-9-16(10-12-20)14-21-23(26)28-22(25-21)18-6-2-1-3-7-18/h1-14H,15H2/b21-14-. The van der Waals surface area contributed by atoms with E-state index in [1.54, 1.807) is 6.08 Å². The molecule has 1 aliphatic rings. The number of ether oxygens (including phenoxy) is 2. The van der Waals surface area contributed by atoms with Crippen LogP contribution in [0.5, 0.6) is 5.75 Å². The minimum Gasteiger partial charge on any atom is -0.489 e. The molecule has 28 heavy (non-hydrogen) atoms. The summed E-state index contributed by atoms with van der Waals surface area (Å²) in [4.78, 5) is 16.4. The first-order chi connectivity index (χ1) is 13.7. The van der Waals surface area contributed by atoms with Crippen LogP contribution >= 0.6 is 15.9 Å². The zero-order valence-electron chi connectivity index (χ0n) is 14.8. The van der Waals surface area contributed by atoms with Crippen LogP contribution in [0.3, 0.4) is 0 Å². The number of carbonyl (C=O) groups excluding carboxylic acids is 1. The van der Waals surface area contributed by atoms with Crippen LogP contribution < -0.4 is 4.74 Å². The Bertz CT molecular complexity index is 1060. The minimum absolute atomic E-state index is 0.279. The maximum Gasteiger partial charge on any atom is 0.363 e. The van der Waals surface area contributed by atoms with Crippen molar-refractivity contribution in [2.45, 2.75) is 6.61 Å². The van der Waals surface area contributed by atoms with Crippen LogP contribution in [-0.2, 0) is 16.1 Å². The van der Waals surface area contributed by atoms with E-state index >= 15 is 0 Å². The predicted molar refractivity (Wildman–Crippen MR) is 112 cm³/mol. The highest BCUT2D eigenvalue weighted by Crippen LogP contribution is 2.21. The van der Waals surface area contributed by atoms with Crippen molar-refractivity contribution in [2.24, 2.45) is 4.99 Å². The van der Waals surface area contributed by atoms with Crippen molar-refractivity contribution in [1.29, 1.82) is 0 Å². The first kappa shape index (κ1) is 18.2. The fraction of sp³-hybridized carbons (Fsp3) is 0.0435. The van der Waals surface area contributed by atoms with E-state index in [2.05, 4.69) is 20.9 Å². The van der Waals surface area contributed by atoms with Gasteiger partial charge in [-0.15, -0.1) is 0 Å². The molecular weight excluding hydrogens is 418 g/mol. The molecule has 0 bridgehead atoms. The molecule has 3 aromatic rings. The number of benzene rings is 3. The summed E-state index contributed by atoms with van der Waals surface area (Å²) in [5, 5.41) is 0. The molecule has 0 radical (unpaired) electrons. The molecule has 4 nitrogen and oxygen atoms in total. The van der Waals surface area contributed by atoms with Crippen LogP contribution in [0, 0.1) is 0 Å². The number of carbonyl (C=O) groups is 1. The van der Waals surface area contributed by atoms with E-state index in [1.165, 1.54) is 0 Å². The topological polar surface area (TPSA) is 47.9 Å². The Morgan fingerprint density at radius 1 is 0.964 bits per heavy atom. The summed E-state index contributed by atoms with van der Waals surface area (Å²) in [5.41, 5.74) is 2.98. The first-order valence-corrected chi connectivity index (χ1v) is 9.52. The summed E-state index contributed by atoms with van der Waals surface area (Å²) in [6.45, 7) is 0.483. The number of nitrogens with zero attached hydrogens (tertiary/aromatic N) is 1. The molecule has 1 aliphatic heterocycles. The van der Waals surface area contributed by atoms with E-state index < -0.39 is 5.97 Å². The summed E-state index contributed by atoms with van der Waals surface area (Å²) in [6, 6.07) is 24.8. The number of esters is 1. The molecule has 0 fully saturated rings. The number of hydrogen-bond acceptors (Lipinski definition) is 4. The third-order valence-electron chi connectivity index (χ3n) is 4.12. The largest absolute Gasteiger partial charge is 0.489 e. The van der Waals surface area contributed by atoms with Gasteiger partial charge in [0.05, 0.1) is 0 Å².